The first-order valence-corrected chi connectivity index (χ1v) is 10.3. The summed E-state index contributed by atoms with van der Waals surface area (Å²) < 4.78 is 0. The fraction of sp³-hybridized carbons (Fsp3) is 0.391. The Morgan fingerprint density at radius 1 is 1.07 bits per heavy atom. The SMILES string of the molecule is O=C(CN1CCC[C@H](c2nc3ccccc3[nH]2)C1)N1CCCc2ccccc21. The summed E-state index contributed by atoms with van der Waals surface area (Å²) in [6.07, 6.45) is 4.34. The van der Waals surface area contributed by atoms with Gasteiger partial charge < -0.3 is 9.88 Å². The molecule has 1 saturated heterocycles. The minimum atomic E-state index is 0.220. The van der Waals surface area contributed by atoms with Gasteiger partial charge in [-0.1, -0.05) is 30.3 Å². The largest absolute Gasteiger partial charge is 0.342 e. The van der Waals surface area contributed by atoms with Crippen molar-refractivity contribution in [2.75, 3.05) is 31.1 Å². The predicted molar refractivity (Wildman–Crippen MR) is 112 cm³/mol. The highest BCUT2D eigenvalue weighted by Gasteiger charge is 2.28. The van der Waals surface area contributed by atoms with Crippen molar-refractivity contribution < 1.29 is 4.79 Å². The number of rotatable bonds is 3. The van der Waals surface area contributed by atoms with E-state index in [0.717, 1.165) is 67.9 Å². The van der Waals surface area contributed by atoms with Crippen LogP contribution in [-0.4, -0.2) is 47.0 Å². The topological polar surface area (TPSA) is 52.2 Å². The fourth-order valence-electron chi connectivity index (χ4n) is 4.66. The van der Waals surface area contributed by atoms with E-state index in [-0.39, 0.29) is 5.91 Å². The van der Waals surface area contributed by atoms with Crippen LogP contribution >= 0.6 is 0 Å². The summed E-state index contributed by atoms with van der Waals surface area (Å²) >= 11 is 0. The number of fused-ring (bicyclic) bond motifs is 2. The van der Waals surface area contributed by atoms with E-state index in [2.05, 4.69) is 34.1 Å². The van der Waals surface area contributed by atoms with Crippen molar-refractivity contribution in [2.24, 2.45) is 0 Å². The van der Waals surface area contributed by atoms with Crippen LogP contribution in [0, 0.1) is 0 Å². The average Bonchev–Trinajstić information content (AvgIpc) is 3.18. The van der Waals surface area contributed by atoms with Gasteiger partial charge in [-0.05, 0) is 56.0 Å². The maximum Gasteiger partial charge on any atom is 0.241 e. The lowest BCUT2D eigenvalue weighted by atomic mass is 9.97. The molecule has 3 heterocycles. The molecule has 5 rings (SSSR count). The van der Waals surface area contributed by atoms with Crippen LogP contribution in [0.5, 0.6) is 0 Å². The number of carbonyl (C=O) groups excluding carboxylic acids is 1. The number of nitrogens with zero attached hydrogens (tertiary/aromatic N) is 3. The van der Waals surface area contributed by atoms with Crippen molar-refractivity contribution in [3.63, 3.8) is 0 Å². The molecule has 144 valence electrons. The molecule has 0 saturated carbocycles. The summed E-state index contributed by atoms with van der Waals surface area (Å²) in [6, 6.07) is 16.5. The van der Waals surface area contributed by atoms with E-state index in [1.54, 1.807) is 0 Å². The number of likely N-dealkylation sites (tertiary alicyclic amines) is 1. The molecular formula is C23H26N4O. The first kappa shape index (κ1) is 17.4. The van der Waals surface area contributed by atoms with Gasteiger partial charge in [-0.2, -0.15) is 0 Å². The molecule has 28 heavy (non-hydrogen) atoms. The highest BCUT2D eigenvalue weighted by molar-refractivity contribution is 5.96. The summed E-state index contributed by atoms with van der Waals surface area (Å²) in [6.45, 7) is 3.20. The Bertz CT molecular complexity index is 962. The van der Waals surface area contributed by atoms with Crippen molar-refractivity contribution in [3.05, 3.63) is 59.9 Å². The van der Waals surface area contributed by atoms with Gasteiger partial charge in [-0.3, -0.25) is 9.69 Å². The molecule has 1 fully saturated rings. The number of carbonyl (C=O) groups is 1. The highest BCUT2D eigenvalue weighted by atomic mass is 16.2. The van der Waals surface area contributed by atoms with Crippen molar-refractivity contribution in [3.8, 4) is 0 Å². The van der Waals surface area contributed by atoms with Crippen LogP contribution in [0.1, 0.15) is 36.6 Å². The highest BCUT2D eigenvalue weighted by Crippen LogP contribution is 2.29. The van der Waals surface area contributed by atoms with Gasteiger partial charge in [0.1, 0.15) is 5.82 Å². The van der Waals surface area contributed by atoms with Crippen LogP contribution in [0.25, 0.3) is 11.0 Å². The molecular weight excluding hydrogens is 348 g/mol. The summed E-state index contributed by atoms with van der Waals surface area (Å²) in [5, 5.41) is 0. The van der Waals surface area contributed by atoms with E-state index >= 15 is 0 Å². The quantitative estimate of drug-likeness (QED) is 0.760. The van der Waals surface area contributed by atoms with Crippen LogP contribution in [0.15, 0.2) is 48.5 Å². The number of para-hydroxylation sites is 3. The van der Waals surface area contributed by atoms with Gasteiger partial charge in [0.25, 0.3) is 0 Å². The van der Waals surface area contributed by atoms with E-state index in [0.29, 0.717) is 12.5 Å². The Hall–Kier alpha value is -2.66. The Balaban J connectivity index is 1.29. The number of amides is 1. The molecule has 2 aliphatic heterocycles. The lowest BCUT2D eigenvalue weighted by molar-refractivity contribution is -0.120. The second-order valence-electron chi connectivity index (χ2n) is 7.99. The van der Waals surface area contributed by atoms with Gasteiger partial charge in [-0.25, -0.2) is 4.98 Å². The standard InChI is InChI=1S/C23H26N4O/c28-22(27-14-6-8-17-7-1-4-12-21(17)27)16-26-13-5-9-18(15-26)23-24-19-10-2-3-11-20(19)25-23/h1-4,7,10-12,18H,5-6,8-9,13-16H2,(H,24,25)/t18-/m0/s1. The number of benzene rings is 2. The maximum absolute atomic E-state index is 13.1. The molecule has 0 radical (unpaired) electrons. The zero-order valence-corrected chi connectivity index (χ0v) is 16.1. The molecule has 0 spiro atoms. The molecule has 0 aliphatic carbocycles. The lowest BCUT2D eigenvalue weighted by Gasteiger charge is -2.35. The number of aromatic amines is 1. The normalized spacial score (nSPS) is 20.3. The van der Waals surface area contributed by atoms with Crippen LogP contribution < -0.4 is 4.90 Å². The number of aromatic nitrogens is 2. The van der Waals surface area contributed by atoms with E-state index in [9.17, 15) is 4.79 Å². The Morgan fingerprint density at radius 2 is 1.93 bits per heavy atom. The zero-order valence-electron chi connectivity index (χ0n) is 16.1. The second-order valence-corrected chi connectivity index (χ2v) is 7.99. The van der Waals surface area contributed by atoms with E-state index < -0.39 is 0 Å². The van der Waals surface area contributed by atoms with Gasteiger partial charge in [0, 0.05) is 24.7 Å². The number of hydrogen-bond acceptors (Lipinski definition) is 3. The molecule has 1 N–H and O–H groups in total. The van der Waals surface area contributed by atoms with Crippen LogP contribution in [0.3, 0.4) is 0 Å². The third-order valence-corrected chi connectivity index (χ3v) is 6.07. The van der Waals surface area contributed by atoms with Crippen molar-refractivity contribution in [1.29, 1.82) is 0 Å². The van der Waals surface area contributed by atoms with Gasteiger partial charge in [-0.15, -0.1) is 0 Å². The smallest absolute Gasteiger partial charge is 0.241 e. The third kappa shape index (κ3) is 3.31. The molecule has 1 amide bonds. The molecule has 1 atom stereocenters. The Kier molecular flexibility index (Phi) is 4.61. The number of imidazole rings is 1. The summed E-state index contributed by atoms with van der Waals surface area (Å²) in [4.78, 5) is 25.6. The molecule has 5 heteroatoms. The van der Waals surface area contributed by atoms with Gasteiger partial charge in [0.05, 0.1) is 17.6 Å². The zero-order chi connectivity index (χ0) is 18.9. The predicted octanol–water partition coefficient (Wildman–Crippen LogP) is 3.72. The number of piperidine rings is 1. The number of aryl methyl sites for hydroxylation is 1. The van der Waals surface area contributed by atoms with E-state index in [4.69, 9.17) is 4.98 Å². The average molecular weight is 374 g/mol. The second kappa shape index (κ2) is 7.40. The molecule has 0 bridgehead atoms. The summed E-state index contributed by atoms with van der Waals surface area (Å²) in [5.41, 5.74) is 4.51. The van der Waals surface area contributed by atoms with Crippen LogP contribution in [0.2, 0.25) is 0 Å². The Morgan fingerprint density at radius 3 is 2.86 bits per heavy atom. The molecule has 5 nitrogen and oxygen atoms in total. The minimum Gasteiger partial charge on any atom is -0.342 e. The van der Waals surface area contributed by atoms with Gasteiger partial charge >= 0.3 is 0 Å². The van der Waals surface area contributed by atoms with E-state index in [1.165, 1.54) is 5.56 Å². The van der Waals surface area contributed by atoms with E-state index in [1.807, 2.05) is 29.2 Å². The lowest BCUT2D eigenvalue weighted by Crippen LogP contribution is -2.45. The summed E-state index contributed by atoms with van der Waals surface area (Å²) in [7, 11) is 0. The molecule has 1 aromatic heterocycles. The third-order valence-electron chi connectivity index (χ3n) is 6.07. The van der Waals surface area contributed by atoms with Gasteiger partial charge in [0.2, 0.25) is 5.91 Å². The first-order valence-electron chi connectivity index (χ1n) is 10.3. The molecule has 2 aromatic carbocycles. The number of nitrogens with one attached hydrogen (secondary N) is 1. The van der Waals surface area contributed by atoms with Gasteiger partial charge in [0.15, 0.2) is 0 Å². The number of H-pyrrole nitrogens is 1. The van der Waals surface area contributed by atoms with Crippen molar-refractivity contribution in [2.45, 2.75) is 31.6 Å². The van der Waals surface area contributed by atoms with Crippen LogP contribution in [-0.2, 0) is 11.2 Å². The minimum absolute atomic E-state index is 0.220. The van der Waals surface area contributed by atoms with Crippen LogP contribution in [0.4, 0.5) is 5.69 Å². The molecule has 2 aliphatic rings. The fourth-order valence-corrected chi connectivity index (χ4v) is 4.66. The number of hydrogen-bond donors (Lipinski definition) is 1. The molecule has 3 aromatic rings. The van der Waals surface area contributed by atoms with Crippen molar-refractivity contribution >= 4 is 22.6 Å². The van der Waals surface area contributed by atoms with Crippen molar-refractivity contribution in [1.82, 2.24) is 14.9 Å². The molecule has 0 unspecified atom stereocenters. The monoisotopic (exact) mass is 374 g/mol. The summed E-state index contributed by atoms with van der Waals surface area (Å²) in [5.74, 6) is 1.64. The number of anilines is 1. The maximum atomic E-state index is 13.1. The first-order chi connectivity index (χ1) is 13.8. The Labute approximate surface area is 165 Å².